The number of hydrogen-bond donors (Lipinski definition) is 0. The maximum absolute atomic E-state index is 5.04. The molecule has 0 saturated carbocycles. The van der Waals surface area contributed by atoms with E-state index in [1.807, 2.05) is 54.9 Å². The summed E-state index contributed by atoms with van der Waals surface area (Å²) in [6.45, 7) is 0. The molecule has 0 aliphatic heterocycles. The Morgan fingerprint density at radius 2 is 0.979 bits per heavy atom. The van der Waals surface area contributed by atoms with Crippen LogP contribution in [0.15, 0.2) is 163 Å². The van der Waals surface area contributed by atoms with Gasteiger partial charge in [0, 0.05) is 45.1 Å². The Hall–Kier alpha value is -5.85. The molecule has 0 N–H and O–H groups in total. The Morgan fingerprint density at radius 3 is 1.66 bits per heavy atom. The summed E-state index contributed by atoms with van der Waals surface area (Å²) in [4.78, 5) is 23.9. The standard InChI is InChI=1S/C41H26BrN5/c42-35-24-33(36-10-4-12-38-37(36)11-6-22-44-38)23-34(25-35)41-46-39(30-17-13-28(14-18-30)27-7-2-1-3-8-27)45-40(47-41)31-19-15-29(16-20-31)32-9-5-21-43-26-32/h1-26H. The average Bonchev–Trinajstić information content (AvgIpc) is 3.15. The minimum absolute atomic E-state index is 0.592. The number of rotatable bonds is 6. The van der Waals surface area contributed by atoms with Crippen molar-refractivity contribution in [2.24, 2.45) is 0 Å². The minimum atomic E-state index is 0.592. The van der Waals surface area contributed by atoms with Gasteiger partial charge in [-0.3, -0.25) is 9.97 Å². The van der Waals surface area contributed by atoms with Crippen molar-refractivity contribution in [1.82, 2.24) is 24.9 Å². The van der Waals surface area contributed by atoms with Crippen LogP contribution in [0, 0.1) is 0 Å². The summed E-state index contributed by atoms with van der Waals surface area (Å²) < 4.78 is 0.933. The molecule has 0 fully saturated rings. The molecule has 47 heavy (non-hydrogen) atoms. The molecule has 0 aliphatic carbocycles. The normalized spacial score (nSPS) is 11.1. The number of fused-ring (bicyclic) bond motifs is 1. The second kappa shape index (κ2) is 12.5. The number of pyridine rings is 2. The maximum atomic E-state index is 5.04. The van der Waals surface area contributed by atoms with Crippen LogP contribution in [0.25, 0.3) is 78.4 Å². The van der Waals surface area contributed by atoms with Crippen molar-refractivity contribution in [2.75, 3.05) is 0 Å². The molecule has 5 aromatic carbocycles. The molecule has 0 unspecified atom stereocenters. The molecule has 0 bridgehead atoms. The fourth-order valence-corrected chi connectivity index (χ4v) is 6.27. The first-order valence-electron chi connectivity index (χ1n) is 15.3. The van der Waals surface area contributed by atoms with Gasteiger partial charge in [-0.25, -0.2) is 15.0 Å². The van der Waals surface area contributed by atoms with Crippen LogP contribution in [0.5, 0.6) is 0 Å². The van der Waals surface area contributed by atoms with Gasteiger partial charge in [-0.15, -0.1) is 0 Å². The Balaban J connectivity index is 1.25. The van der Waals surface area contributed by atoms with E-state index in [0.29, 0.717) is 17.5 Å². The third-order valence-electron chi connectivity index (χ3n) is 8.14. The van der Waals surface area contributed by atoms with Crippen molar-refractivity contribution in [3.05, 3.63) is 163 Å². The molecule has 222 valence electrons. The molecule has 5 nitrogen and oxygen atoms in total. The zero-order valence-electron chi connectivity index (χ0n) is 25.1. The van der Waals surface area contributed by atoms with E-state index in [4.69, 9.17) is 15.0 Å². The van der Waals surface area contributed by atoms with E-state index >= 15 is 0 Å². The Morgan fingerprint density at radius 1 is 0.404 bits per heavy atom. The molecule has 0 amide bonds. The summed E-state index contributed by atoms with van der Waals surface area (Å²) in [7, 11) is 0. The SMILES string of the molecule is Brc1cc(-c2nc(-c3ccc(-c4ccccc4)cc3)nc(-c3ccc(-c4cccnc4)cc3)n2)cc(-c2cccc3ncccc23)c1. The lowest BCUT2D eigenvalue weighted by Gasteiger charge is -2.12. The van der Waals surface area contributed by atoms with Gasteiger partial charge in [-0.1, -0.05) is 119 Å². The highest BCUT2D eigenvalue weighted by atomic mass is 79.9. The van der Waals surface area contributed by atoms with Crippen LogP contribution in [0.1, 0.15) is 0 Å². The predicted octanol–water partition coefficient (Wildman–Crippen LogP) is 10.6. The first kappa shape index (κ1) is 28.6. The van der Waals surface area contributed by atoms with Gasteiger partial charge in [0.15, 0.2) is 17.5 Å². The molecule has 0 saturated heterocycles. The van der Waals surface area contributed by atoms with E-state index in [0.717, 1.165) is 65.4 Å². The van der Waals surface area contributed by atoms with Gasteiger partial charge in [-0.05, 0) is 69.8 Å². The monoisotopic (exact) mass is 667 g/mol. The molecule has 8 aromatic rings. The van der Waals surface area contributed by atoms with Crippen molar-refractivity contribution in [1.29, 1.82) is 0 Å². The highest BCUT2D eigenvalue weighted by Gasteiger charge is 2.15. The maximum Gasteiger partial charge on any atom is 0.164 e. The first-order chi connectivity index (χ1) is 23.2. The summed E-state index contributed by atoms with van der Waals surface area (Å²) >= 11 is 3.77. The summed E-state index contributed by atoms with van der Waals surface area (Å²) in [6, 6.07) is 47.6. The molecule has 0 radical (unpaired) electrons. The Kier molecular flexibility index (Phi) is 7.61. The largest absolute Gasteiger partial charge is 0.264 e. The third kappa shape index (κ3) is 5.94. The van der Waals surface area contributed by atoms with Crippen LogP contribution >= 0.6 is 15.9 Å². The van der Waals surface area contributed by atoms with Gasteiger partial charge in [0.05, 0.1) is 5.52 Å². The van der Waals surface area contributed by atoms with E-state index in [-0.39, 0.29) is 0 Å². The van der Waals surface area contributed by atoms with Crippen LogP contribution in [-0.2, 0) is 0 Å². The van der Waals surface area contributed by atoms with Gasteiger partial charge < -0.3 is 0 Å². The lowest BCUT2D eigenvalue weighted by molar-refractivity contribution is 1.07. The van der Waals surface area contributed by atoms with E-state index in [9.17, 15) is 0 Å². The molecule has 0 atom stereocenters. The average molecular weight is 669 g/mol. The van der Waals surface area contributed by atoms with Crippen molar-refractivity contribution in [2.45, 2.75) is 0 Å². The van der Waals surface area contributed by atoms with Crippen LogP contribution in [0.2, 0.25) is 0 Å². The van der Waals surface area contributed by atoms with E-state index in [2.05, 4.69) is 123 Å². The number of nitrogens with zero attached hydrogens (tertiary/aromatic N) is 5. The highest BCUT2D eigenvalue weighted by molar-refractivity contribution is 9.10. The molecule has 8 rings (SSSR count). The molecule has 0 aliphatic rings. The molecule has 3 aromatic heterocycles. The first-order valence-corrected chi connectivity index (χ1v) is 16.1. The summed E-state index contributed by atoms with van der Waals surface area (Å²) in [5.41, 5.74) is 10.2. The number of halogens is 1. The zero-order chi connectivity index (χ0) is 31.6. The Labute approximate surface area is 280 Å². The molecule has 3 heterocycles. The predicted molar refractivity (Wildman–Crippen MR) is 193 cm³/mol. The molecular formula is C41H26BrN5. The van der Waals surface area contributed by atoms with Gasteiger partial charge >= 0.3 is 0 Å². The van der Waals surface area contributed by atoms with Gasteiger partial charge in [0.2, 0.25) is 0 Å². The van der Waals surface area contributed by atoms with Crippen molar-refractivity contribution < 1.29 is 0 Å². The summed E-state index contributed by atoms with van der Waals surface area (Å²) in [6.07, 6.45) is 5.47. The van der Waals surface area contributed by atoms with Crippen LogP contribution in [0.3, 0.4) is 0 Å². The second-order valence-electron chi connectivity index (χ2n) is 11.2. The van der Waals surface area contributed by atoms with Gasteiger partial charge in [-0.2, -0.15) is 0 Å². The van der Waals surface area contributed by atoms with Crippen LogP contribution in [-0.4, -0.2) is 24.9 Å². The third-order valence-corrected chi connectivity index (χ3v) is 8.59. The summed E-state index contributed by atoms with van der Waals surface area (Å²) in [5, 5.41) is 1.09. The zero-order valence-corrected chi connectivity index (χ0v) is 26.7. The number of hydrogen-bond acceptors (Lipinski definition) is 5. The Bertz CT molecular complexity index is 2230. The van der Waals surface area contributed by atoms with Crippen molar-refractivity contribution in [3.8, 4) is 67.5 Å². The van der Waals surface area contributed by atoms with Crippen LogP contribution in [0.4, 0.5) is 0 Å². The van der Waals surface area contributed by atoms with Gasteiger partial charge in [0.1, 0.15) is 0 Å². The lowest BCUT2D eigenvalue weighted by Crippen LogP contribution is -2.00. The number of benzene rings is 5. The molecule has 0 spiro atoms. The van der Waals surface area contributed by atoms with Gasteiger partial charge in [0.25, 0.3) is 0 Å². The van der Waals surface area contributed by atoms with E-state index in [1.54, 1.807) is 6.20 Å². The van der Waals surface area contributed by atoms with E-state index in [1.165, 1.54) is 0 Å². The molecular weight excluding hydrogens is 642 g/mol. The van der Waals surface area contributed by atoms with E-state index < -0.39 is 0 Å². The second-order valence-corrected chi connectivity index (χ2v) is 12.1. The van der Waals surface area contributed by atoms with Crippen molar-refractivity contribution >= 4 is 26.8 Å². The molecule has 6 heteroatoms. The quantitative estimate of drug-likeness (QED) is 0.176. The topological polar surface area (TPSA) is 64.5 Å². The highest BCUT2D eigenvalue weighted by Crippen LogP contribution is 2.34. The van der Waals surface area contributed by atoms with Crippen LogP contribution < -0.4 is 0 Å². The number of aromatic nitrogens is 5. The van der Waals surface area contributed by atoms with Crippen molar-refractivity contribution in [3.63, 3.8) is 0 Å². The smallest absolute Gasteiger partial charge is 0.164 e. The lowest BCUT2D eigenvalue weighted by atomic mass is 9.98. The minimum Gasteiger partial charge on any atom is -0.264 e. The fraction of sp³-hybridized carbons (Fsp3) is 0. The fourth-order valence-electron chi connectivity index (χ4n) is 5.78. The summed E-state index contributed by atoms with van der Waals surface area (Å²) in [5.74, 6) is 1.80.